The molecule has 0 aliphatic carbocycles. The molecule has 2 nitrogen and oxygen atoms in total. The van der Waals surface area contributed by atoms with Crippen molar-refractivity contribution < 1.29 is 0 Å². The zero-order valence-corrected chi connectivity index (χ0v) is 10.4. The van der Waals surface area contributed by atoms with Gasteiger partial charge >= 0.3 is 0 Å². The molecule has 1 heterocycles. The van der Waals surface area contributed by atoms with E-state index in [2.05, 4.69) is 4.98 Å². The number of hydrogen-bond donors (Lipinski definition) is 1. The average molecular weight is 236 g/mol. The van der Waals surface area contributed by atoms with Crippen molar-refractivity contribution in [2.24, 2.45) is 0 Å². The van der Waals surface area contributed by atoms with Crippen molar-refractivity contribution in [3.05, 3.63) is 44.7 Å². The fraction of sp³-hybridized carbons (Fsp3) is 0.308. The maximum Gasteiger partial charge on any atom is 0.193 e. The molecule has 0 fully saturated rings. The molecule has 0 radical (unpaired) electrons. The normalized spacial score (nSPS) is 11.3. The predicted octanol–water partition coefficient (Wildman–Crippen LogP) is 3.61. The third kappa shape index (κ3) is 1.63. The van der Waals surface area contributed by atoms with E-state index in [-0.39, 0.29) is 11.3 Å². The van der Waals surface area contributed by atoms with Gasteiger partial charge in [0, 0.05) is 16.6 Å². The monoisotopic (exact) mass is 235 g/mol. The molecule has 0 spiro atoms. The van der Waals surface area contributed by atoms with E-state index in [0.29, 0.717) is 10.4 Å². The fourth-order valence-electron chi connectivity index (χ4n) is 2.11. The molecule has 2 rings (SSSR count). The van der Waals surface area contributed by atoms with Crippen molar-refractivity contribution in [1.29, 1.82) is 0 Å². The zero-order valence-electron chi connectivity index (χ0n) is 9.60. The Balaban J connectivity index is 2.95. The lowest BCUT2D eigenvalue weighted by molar-refractivity contribution is 0.839. The van der Waals surface area contributed by atoms with Crippen LogP contribution in [0.5, 0.6) is 0 Å². The molecule has 1 N–H and O–H groups in total. The van der Waals surface area contributed by atoms with Crippen LogP contribution in [0.15, 0.2) is 23.0 Å². The first-order chi connectivity index (χ1) is 7.52. The van der Waals surface area contributed by atoms with Crippen LogP contribution in [-0.2, 0) is 0 Å². The van der Waals surface area contributed by atoms with Crippen LogP contribution in [0.2, 0.25) is 5.02 Å². The van der Waals surface area contributed by atoms with E-state index >= 15 is 0 Å². The highest BCUT2D eigenvalue weighted by atomic mass is 35.5. The number of nitrogens with one attached hydrogen (secondary N) is 1. The van der Waals surface area contributed by atoms with E-state index in [0.717, 1.165) is 16.8 Å². The van der Waals surface area contributed by atoms with Gasteiger partial charge in [0.15, 0.2) is 5.43 Å². The molecule has 3 heteroatoms. The molecule has 0 atom stereocenters. The number of hydrogen-bond acceptors (Lipinski definition) is 1. The van der Waals surface area contributed by atoms with Gasteiger partial charge in [-0.1, -0.05) is 31.5 Å². The first-order valence-corrected chi connectivity index (χ1v) is 5.71. The number of halogens is 1. The molecule has 16 heavy (non-hydrogen) atoms. The Hall–Kier alpha value is -1.28. The number of aromatic nitrogens is 1. The molecule has 0 unspecified atom stereocenters. The molecule has 0 saturated carbocycles. The van der Waals surface area contributed by atoms with Gasteiger partial charge in [0.05, 0.1) is 10.5 Å². The quantitative estimate of drug-likeness (QED) is 0.805. The molecule has 1 aromatic heterocycles. The van der Waals surface area contributed by atoms with Gasteiger partial charge in [-0.05, 0) is 25.0 Å². The zero-order chi connectivity index (χ0) is 11.9. The maximum atomic E-state index is 12.3. The Morgan fingerprint density at radius 3 is 2.62 bits per heavy atom. The summed E-state index contributed by atoms with van der Waals surface area (Å²) in [5.41, 5.74) is 2.56. The van der Waals surface area contributed by atoms with E-state index in [1.165, 1.54) is 0 Å². The van der Waals surface area contributed by atoms with Gasteiger partial charge in [0.25, 0.3) is 0 Å². The summed E-state index contributed by atoms with van der Waals surface area (Å²) >= 11 is 6.06. The predicted molar refractivity (Wildman–Crippen MR) is 68.4 cm³/mol. The van der Waals surface area contributed by atoms with Crippen molar-refractivity contribution >= 4 is 22.5 Å². The van der Waals surface area contributed by atoms with Crippen LogP contribution in [0.3, 0.4) is 0 Å². The van der Waals surface area contributed by atoms with Gasteiger partial charge in [-0.15, -0.1) is 0 Å². The highest BCUT2D eigenvalue weighted by Crippen LogP contribution is 2.22. The van der Waals surface area contributed by atoms with Crippen LogP contribution in [0.1, 0.15) is 31.0 Å². The second-order valence-corrected chi connectivity index (χ2v) is 4.72. The highest BCUT2D eigenvalue weighted by Gasteiger charge is 2.13. The minimum atomic E-state index is 0.0868. The van der Waals surface area contributed by atoms with Gasteiger partial charge in [0.2, 0.25) is 0 Å². The fourth-order valence-corrected chi connectivity index (χ4v) is 2.33. The Morgan fingerprint density at radius 1 is 1.31 bits per heavy atom. The largest absolute Gasteiger partial charge is 0.357 e. The van der Waals surface area contributed by atoms with E-state index < -0.39 is 0 Å². The second kappa shape index (κ2) is 3.95. The lowest BCUT2D eigenvalue weighted by Gasteiger charge is -2.11. The van der Waals surface area contributed by atoms with Gasteiger partial charge < -0.3 is 4.98 Å². The first kappa shape index (κ1) is 11.2. The minimum absolute atomic E-state index is 0.0868. The smallest absolute Gasteiger partial charge is 0.193 e. The molecule has 0 saturated heterocycles. The van der Waals surface area contributed by atoms with E-state index in [9.17, 15) is 4.79 Å². The van der Waals surface area contributed by atoms with Crippen LogP contribution in [0.25, 0.3) is 10.9 Å². The van der Waals surface area contributed by atoms with Gasteiger partial charge in [0.1, 0.15) is 0 Å². The Bertz CT molecular complexity index is 599. The summed E-state index contributed by atoms with van der Waals surface area (Å²) in [6.07, 6.45) is 0. The average Bonchev–Trinajstić information content (AvgIpc) is 2.19. The summed E-state index contributed by atoms with van der Waals surface area (Å²) in [6, 6.07) is 5.40. The van der Waals surface area contributed by atoms with E-state index in [1.54, 1.807) is 12.1 Å². The number of benzene rings is 1. The third-order valence-corrected chi connectivity index (χ3v) is 3.11. The molecule has 0 amide bonds. The molecule has 0 bridgehead atoms. The van der Waals surface area contributed by atoms with Crippen LogP contribution >= 0.6 is 11.6 Å². The van der Waals surface area contributed by atoms with Gasteiger partial charge in [-0.25, -0.2) is 0 Å². The lowest BCUT2D eigenvalue weighted by Crippen LogP contribution is -2.14. The summed E-state index contributed by atoms with van der Waals surface area (Å²) in [4.78, 5) is 15.5. The topological polar surface area (TPSA) is 32.9 Å². The summed E-state index contributed by atoms with van der Waals surface area (Å²) in [7, 11) is 0. The molecule has 0 aliphatic rings. The molecule has 2 aromatic rings. The number of aryl methyl sites for hydroxylation is 1. The summed E-state index contributed by atoms with van der Waals surface area (Å²) in [5, 5.41) is 1.26. The summed E-state index contributed by atoms with van der Waals surface area (Å²) < 4.78 is 0. The highest BCUT2D eigenvalue weighted by molar-refractivity contribution is 6.35. The third-order valence-electron chi connectivity index (χ3n) is 2.80. The molecule has 1 aromatic carbocycles. The maximum absolute atomic E-state index is 12.3. The molecular formula is C13H14ClNO. The first-order valence-electron chi connectivity index (χ1n) is 5.33. The minimum Gasteiger partial charge on any atom is -0.357 e. The standard InChI is InChI=1S/C13H14ClNO/c1-7(2)11-8(3)15-12-9(13(11)16)5-4-6-10(12)14/h4-7H,1-3H3,(H,15,16). The van der Waals surface area contributed by atoms with Crippen molar-refractivity contribution in [3.63, 3.8) is 0 Å². The van der Waals surface area contributed by atoms with Crippen LogP contribution < -0.4 is 5.43 Å². The van der Waals surface area contributed by atoms with E-state index in [1.807, 2.05) is 26.8 Å². The number of pyridine rings is 1. The van der Waals surface area contributed by atoms with Crippen molar-refractivity contribution in [1.82, 2.24) is 4.98 Å². The van der Waals surface area contributed by atoms with E-state index in [4.69, 9.17) is 11.6 Å². The lowest BCUT2D eigenvalue weighted by atomic mass is 9.99. The van der Waals surface area contributed by atoms with Crippen LogP contribution in [0, 0.1) is 6.92 Å². The second-order valence-electron chi connectivity index (χ2n) is 4.31. The molecule has 84 valence electrons. The number of rotatable bonds is 1. The molecular weight excluding hydrogens is 222 g/mol. The summed E-state index contributed by atoms with van der Waals surface area (Å²) in [6.45, 7) is 5.96. The SMILES string of the molecule is Cc1[nH]c2c(Cl)cccc2c(=O)c1C(C)C. The van der Waals surface area contributed by atoms with Crippen molar-refractivity contribution in [2.75, 3.05) is 0 Å². The van der Waals surface area contributed by atoms with Gasteiger partial charge in [-0.3, -0.25) is 4.79 Å². The number of para-hydroxylation sites is 1. The number of H-pyrrole nitrogens is 1. The molecule has 0 aliphatic heterocycles. The van der Waals surface area contributed by atoms with Gasteiger partial charge in [-0.2, -0.15) is 0 Å². The number of aromatic amines is 1. The van der Waals surface area contributed by atoms with Crippen LogP contribution in [0.4, 0.5) is 0 Å². The number of fused-ring (bicyclic) bond motifs is 1. The van der Waals surface area contributed by atoms with Crippen LogP contribution in [-0.4, -0.2) is 4.98 Å². The van der Waals surface area contributed by atoms with Crippen molar-refractivity contribution in [2.45, 2.75) is 26.7 Å². The van der Waals surface area contributed by atoms with Crippen molar-refractivity contribution in [3.8, 4) is 0 Å². The Morgan fingerprint density at radius 2 is 2.00 bits per heavy atom. The Labute approximate surface area is 99.3 Å². The Kier molecular flexibility index (Phi) is 2.76. The summed E-state index contributed by atoms with van der Waals surface area (Å²) in [5.74, 6) is 0.215.